The zero-order chi connectivity index (χ0) is 17.0. The summed E-state index contributed by atoms with van der Waals surface area (Å²) in [5.74, 6) is 0.600. The summed E-state index contributed by atoms with van der Waals surface area (Å²) < 4.78 is 10.3. The molecule has 124 valence electrons. The molecular formula is C15H25N3O2S2. The first-order chi connectivity index (χ1) is 10.8. The van der Waals surface area contributed by atoms with Crippen molar-refractivity contribution in [1.29, 1.82) is 0 Å². The number of nitrogens with zero attached hydrogens (tertiary/aromatic N) is 3. The molecular weight excluding hydrogens is 318 g/mol. The van der Waals surface area contributed by atoms with E-state index in [4.69, 9.17) is 4.55 Å². The average molecular weight is 344 g/mol. The first-order valence-electron chi connectivity index (χ1n) is 7.43. The lowest BCUT2D eigenvalue weighted by Crippen LogP contribution is -2.20. The molecule has 2 aromatic rings. The van der Waals surface area contributed by atoms with E-state index in [0.29, 0.717) is 23.1 Å². The molecule has 0 aromatic carbocycles. The van der Waals surface area contributed by atoms with E-state index in [1.54, 1.807) is 16.8 Å². The van der Waals surface area contributed by atoms with Crippen molar-refractivity contribution in [2.75, 3.05) is 12.0 Å². The van der Waals surface area contributed by atoms with E-state index in [9.17, 15) is 4.79 Å². The first-order valence-corrected chi connectivity index (χ1v) is 9.60. The van der Waals surface area contributed by atoms with Crippen LogP contribution in [-0.4, -0.2) is 31.1 Å². The number of aryl methyl sites for hydroxylation is 1. The monoisotopic (exact) mass is 343 g/mol. The predicted molar refractivity (Wildman–Crippen MR) is 98.0 cm³/mol. The second-order valence-corrected chi connectivity index (χ2v) is 5.09. The minimum atomic E-state index is -0.0730. The van der Waals surface area contributed by atoms with Crippen LogP contribution in [0.25, 0.3) is 11.0 Å². The quantitative estimate of drug-likeness (QED) is 0.380. The molecule has 0 saturated heterocycles. The summed E-state index contributed by atoms with van der Waals surface area (Å²) in [5.41, 5.74) is 0.584. The van der Waals surface area contributed by atoms with Crippen molar-refractivity contribution in [3.63, 3.8) is 0 Å². The topological polar surface area (TPSA) is 68.0 Å². The number of pyridine rings is 1. The van der Waals surface area contributed by atoms with Crippen LogP contribution in [0, 0.1) is 0 Å². The third kappa shape index (κ3) is 5.98. The number of hydrogen-bond donors (Lipinski definition) is 1. The van der Waals surface area contributed by atoms with Crippen LogP contribution < -0.4 is 5.56 Å². The van der Waals surface area contributed by atoms with Gasteiger partial charge in [-0.25, -0.2) is 9.97 Å². The Balaban J connectivity index is 0.00000102. The molecule has 0 atom stereocenters. The number of aromatic nitrogens is 3. The van der Waals surface area contributed by atoms with Crippen molar-refractivity contribution in [3.8, 4) is 0 Å². The maximum Gasteiger partial charge on any atom is 0.252 e. The lowest BCUT2D eigenvalue weighted by molar-refractivity contribution is 0.639. The molecule has 7 heteroatoms. The molecule has 0 radical (unpaired) electrons. The molecule has 1 N–H and O–H groups in total. The predicted octanol–water partition coefficient (Wildman–Crippen LogP) is 4.16. The van der Waals surface area contributed by atoms with Gasteiger partial charge >= 0.3 is 0 Å². The van der Waals surface area contributed by atoms with Crippen LogP contribution in [0.3, 0.4) is 0 Å². The van der Waals surface area contributed by atoms with E-state index in [-0.39, 0.29) is 5.56 Å². The van der Waals surface area contributed by atoms with Crippen LogP contribution in [0.15, 0.2) is 28.3 Å². The van der Waals surface area contributed by atoms with Gasteiger partial charge in [0.1, 0.15) is 5.65 Å². The van der Waals surface area contributed by atoms with Crippen molar-refractivity contribution in [2.45, 2.75) is 45.8 Å². The summed E-state index contributed by atoms with van der Waals surface area (Å²) in [4.78, 5) is 20.4. The van der Waals surface area contributed by atoms with Crippen LogP contribution in [0.2, 0.25) is 0 Å². The molecule has 0 aliphatic rings. The number of hydrogen-bond acceptors (Lipinski definition) is 6. The van der Waals surface area contributed by atoms with Crippen LogP contribution in [0.5, 0.6) is 0 Å². The van der Waals surface area contributed by atoms with E-state index < -0.39 is 0 Å². The van der Waals surface area contributed by atoms with Crippen LogP contribution >= 0.6 is 23.8 Å². The second-order valence-electron chi connectivity index (χ2n) is 3.65. The minimum absolute atomic E-state index is 0.0730. The Morgan fingerprint density at radius 2 is 1.91 bits per heavy atom. The van der Waals surface area contributed by atoms with Gasteiger partial charge < -0.3 is 4.55 Å². The smallest absolute Gasteiger partial charge is 0.252 e. The zero-order valence-electron chi connectivity index (χ0n) is 13.9. The Morgan fingerprint density at radius 3 is 2.50 bits per heavy atom. The highest BCUT2D eigenvalue weighted by molar-refractivity contribution is 7.98. The molecule has 0 saturated carbocycles. The Labute approximate surface area is 140 Å². The maximum absolute atomic E-state index is 11.9. The summed E-state index contributed by atoms with van der Waals surface area (Å²) in [6, 6.07) is 3.26. The average Bonchev–Trinajstić information content (AvgIpc) is 2.60. The molecule has 0 fully saturated rings. The first kappa shape index (κ1) is 20.9. The molecule has 5 nitrogen and oxygen atoms in total. The number of thioether (sulfide) groups is 1. The van der Waals surface area contributed by atoms with Gasteiger partial charge in [0.25, 0.3) is 5.56 Å². The van der Waals surface area contributed by atoms with Gasteiger partial charge in [-0.05, 0) is 30.8 Å². The van der Waals surface area contributed by atoms with Crippen LogP contribution in [0.4, 0.5) is 0 Å². The summed E-state index contributed by atoms with van der Waals surface area (Å²) in [6.07, 6.45) is 4.35. The van der Waals surface area contributed by atoms with E-state index in [0.717, 1.165) is 23.8 Å². The molecule has 0 unspecified atom stereocenters. The van der Waals surface area contributed by atoms with Gasteiger partial charge in [0, 0.05) is 29.9 Å². The van der Waals surface area contributed by atoms with Gasteiger partial charge in [-0.1, -0.05) is 39.5 Å². The number of fused-ring (bicyclic) bond motifs is 1. The molecule has 0 amide bonds. The standard InChI is InChI=1S/C11H13N3O2S2.2C2H6/c1-17-11-12-7-8-3-4-9(15)14(10(8)13-11)5-2-6-18-16;2*1-2/h3-4,7,16H,2,5-6H2,1H3;2*1-2H3. The van der Waals surface area contributed by atoms with Crippen molar-refractivity contribution in [1.82, 2.24) is 14.5 Å². The Bertz CT molecular complexity index is 603. The molecule has 2 rings (SSSR count). The lowest BCUT2D eigenvalue weighted by Gasteiger charge is -2.08. The van der Waals surface area contributed by atoms with Gasteiger partial charge in [-0.2, -0.15) is 0 Å². The normalized spacial score (nSPS) is 9.55. The van der Waals surface area contributed by atoms with Crippen LogP contribution in [-0.2, 0) is 6.54 Å². The van der Waals surface area contributed by atoms with Gasteiger partial charge in [0.05, 0.1) is 0 Å². The summed E-state index contributed by atoms with van der Waals surface area (Å²) in [5, 5.41) is 1.50. The molecule has 2 aromatic heterocycles. The fourth-order valence-corrected chi connectivity index (χ4v) is 2.25. The molecule has 0 bridgehead atoms. The Kier molecular flexibility index (Phi) is 11.9. The van der Waals surface area contributed by atoms with E-state index in [1.807, 2.05) is 34.0 Å². The van der Waals surface area contributed by atoms with Crippen molar-refractivity contribution < 1.29 is 4.55 Å². The third-order valence-corrected chi connectivity index (χ3v) is 3.53. The zero-order valence-corrected chi connectivity index (χ0v) is 15.5. The Hall–Kier alpha value is -1.05. The van der Waals surface area contributed by atoms with E-state index in [1.165, 1.54) is 17.8 Å². The fraction of sp³-hybridized carbons (Fsp3) is 0.533. The summed E-state index contributed by atoms with van der Waals surface area (Å²) in [6.45, 7) is 8.55. The van der Waals surface area contributed by atoms with Crippen molar-refractivity contribution >= 4 is 34.8 Å². The molecule has 22 heavy (non-hydrogen) atoms. The third-order valence-electron chi connectivity index (χ3n) is 2.50. The highest BCUT2D eigenvalue weighted by Gasteiger charge is 2.06. The summed E-state index contributed by atoms with van der Waals surface area (Å²) in [7, 11) is 0. The largest absolute Gasteiger partial charge is 0.330 e. The highest BCUT2D eigenvalue weighted by atomic mass is 32.2. The van der Waals surface area contributed by atoms with Gasteiger partial charge in [0.2, 0.25) is 0 Å². The van der Waals surface area contributed by atoms with Crippen molar-refractivity contribution in [2.24, 2.45) is 0 Å². The van der Waals surface area contributed by atoms with Crippen LogP contribution in [0.1, 0.15) is 34.1 Å². The van der Waals surface area contributed by atoms with E-state index in [2.05, 4.69) is 9.97 Å². The second kappa shape index (κ2) is 12.5. The Morgan fingerprint density at radius 1 is 1.23 bits per heavy atom. The van der Waals surface area contributed by atoms with Gasteiger partial charge in [0.15, 0.2) is 5.16 Å². The maximum atomic E-state index is 11.9. The van der Waals surface area contributed by atoms with E-state index >= 15 is 0 Å². The molecule has 0 aliphatic heterocycles. The van der Waals surface area contributed by atoms with Gasteiger partial charge in [-0.15, -0.1) is 0 Å². The molecule has 0 spiro atoms. The lowest BCUT2D eigenvalue weighted by atomic mass is 10.3. The summed E-state index contributed by atoms with van der Waals surface area (Å²) >= 11 is 2.23. The minimum Gasteiger partial charge on any atom is -0.330 e. The highest BCUT2D eigenvalue weighted by Crippen LogP contribution is 2.14. The molecule has 2 heterocycles. The van der Waals surface area contributed by atoms with Gasteiger partial charge in [-0.3, -0.25) is 9.36 Å². The van der Waals surface area contributed by atoms with Crippen molar-refractivity contribution in [3.05, 3.63) is 28.7 Å². The fourth-order valence-electron chi connectivity index (χ4n) is 1.66. The number of rotatable bonds is 5. The SMILES string of the molecule is CC.CC.CSc1ncc2ccc(=O)n(CCCSO)c2n1. The molecule has 0 aliphatic carbocycles.